The molecule has 60 heavy (non-hydrogen) atoms. The number of hydrogen-bond donors (Lipinski definition) is 0. The normalized spacial score (nSPS) is 13.8. The lowest BCUT2D eigenvalue weighted by molar-refractivity contribution is 1.17. The van der Waals surface area contributed by atoms with E-state index in [1.165, 1.54) is 38.5 Å². The van der Waals surface area contributed by atoms with Gasteiger partial charge in [-0.3, -0.25) is 9.80 Å². The summed E-state index contributed by atoms with van der Waals surface area (Å²) in [7, 11) is 0. The average Bonchev–Trinajstić information content (AvgIpc) is 3.32. The van der Waals surface area contributed by atoms with Crippen LogP contribution in [-0.4, -0.2) is 23.4 Å². The lowest BCUT2D eigenvalue weighted by Gasteiger charge is -2.46. The molecule has 0 N–H and O–H groups in total. The molecule has 13 rings (SSSR count). The van der Waals surface area contributed by atoms with Gasteiger partial charge in [0.05, 0.1) is 0 Å². The number of hydrogen-bond acceptors (Lipinski definition) is 6. The second-order valence-corrected chi connectivity index (χ2v) is 15.8. The van der Waals surface area contributed by atoms with Crippen molar-refractivity contribution in [2.45, 2.75) is 0 Å². The highest BCUT2D eigenvalue weighted by atomic mass is 15.2. The van der Waals surface area contributed by atoms with Crippen molar-refractivity contribution < 1.29 is 0 Å². The Kier molecular flexibility index (Phi) is 7.10. The molecule has 0 amide bonds. The molecule has 4 aliphatic heterocycles. The van der Waals surface area contributed by atoms with Crippen molar-refractivity contribution in [2.75, 3.05) is 19.6 Å². The third-order valence-corrected chi connectivity index (χ3v) is 12.7. The van der Waals surface area contributed by atoms with E-state index < -0.39 is 0 Å². The van der Waals surface area contributed by atoms with Gasteiger partial charge in [0, 0.05) is 69.3 Å². The molecule has 0 saturated carbocycles. The molecule has 4 aliphatic rings. The molecule has 0 radical (unpaired) electrons. The Morgan fingerprint density at radius 2 is 0.733 bits per heavy atom. The molecule has 0 atom stereocenters. The number of aromatic nitrogens is 2. The highest BCUT2D eigenvalue weighted by molar-refractivity contribution is 7.03. The van der Waals surface area contributed by atoms with Gasteiger partial charge < -0.3 is 9.80 Å². The zero-order valence-electron chi connectivity index (χ0n) is 32.5. The van der Waals surface area contributed by atoms with E-state index in [2.05, 4.69) is 214 Å². The van der Waals surface area contributed by atoms with Crippen LogP contribution in [0.3, 0.4) is 0 Å². The summed E-state index contributed by atoms with van der Waals surface area (Å²) in [5.41, 5.74) is 18.7. The Hall–Kier alpha value is -7.83. The molecular formula is C52H34B2N6. The van der Waals surface area contributed by atoms with Crippen LogP contribution in [0.1, 0.15) is 0 Å². The predicted octanol–water partition coefficient (Wildman–Crippen LogP) is 8.64. The van der Waals surface area contributed by atoms with Gasteiger partial charge >= 0.3 is 0 Å². The van der Waals surface area contributed by atoms with E-state index in [1.807, 2.05) is 12.4 Å². The zero-order valence-corrected chi connectivity index (χ0v) is 32.5. The van der Waals surface area contributed by atoms with Gasteiger partial charge in [-0.15, -0.1) is 0 Å². The summed E-state index contributed by atoms with van der Waals surface area (Å²) in [6.45, 7) is -0.139. The molecule has 0 unspecified atom stereocenters. The van der Waals surface area contributed by atoms with Gasteiger partial charge in [0.1, 0.15) is 11.6 Å². The Morgan fingerprint density at radius 1 is 0.283 bits per heavy atom. The van der Waals surface area contributed by atoms with Gasteiger partial charge in [0.2, 0.25) is 0 Å². The topological polar surface area (TPSA) is 38.7 Å². The third-order valence-electron chi connectivity index (χ3n) is 12.7. The van der Waals surface area contributed by atoms with Crippen molar-refractivity contribution >= 4 is 115 Å². The van der Waals surface area contributed by atoms with Gasteiger partial charge in [-0.25, -0.2) is 9.97 Å². The molecule has 2 aromatic heterocycles. The first-order valence-corrected chi connectivity index (χ1v) is 20.6. The summed E-state index contributed by atoms with van der Waals surface area (Å²) in [5, 5.41) is 0. The summed E-state index contributed by atoms with van der Waals surface area (Å²) in [6.07, 6.45) is 3.91. The second kappa shape index (κ2) is 12.8. The third kappa shape index (κ3) is 4.61. The smallest absolute Gasteiger partial charge is 0.254 e. The maximum atomic E-state index is 5.29. The fourth-order valence-electron chi connectivity index (χ4n) is 10.4. The maximum absolute atomic E-state index is 5.29. The van der Waals surface area contributed by atoms with Crippen LogP contribution < -0.4 is 52.4 Å². The van der Waals surface area contributed by atoms with Crippen LogP contribution in [0, 0.1) is 0 Å². The quantitative estimate of drug-likeness (QED) is 0.167. The van der Waals surface area contributed by atoms with E-state index in [-0.39, 0.29) is 13.4 Å². The molecule has 6 heterocycles. The van der Waals surface area contributed by atoms with Crippen LogP contribution in [0.2, 0.25) is 0 Å². The first-order chi connectivity index (χ1) is 29.8. The van der Waals surface area contributed by atoms with Crippen LogP contribution in [0.15, 0.2) is 207 Å². The van der Waals surface area contributed by atoms with Crippen LogP contribution in [0.4, 0.5) is 68.5 Å². The minimum absolute atomic E-state index is 0.0697. The van der Waals surface area contributed by atoms with E-state index in [0.29, 0.717) is 0 Å². The Morgan fingerprint density at radius 3 is 1.38 bits per heavy atom. The highest BCUT2D eigenvalue weighted by Crippen LogP contribution is 2.47. The summed E-state index contributed by atoms with van der Waals surface area (Å²) in [5.74, 6) is 1.90. The van der Waals surface area contributed by atoms with Crippen molar-refractivity contribution in [3.05, 3.63) is 207 Å². The largest absolute Gasteiger partial charge is 0.311 e. The van der Waals surface area contributed by atoms with E-state index in [0.717, 1.165) is 62.8 Å². The van der Waals surface area contributed by atoms with Crippen LogP contribution in [-0.2, 0) is 0 Å². The first kappa shape index (κ1) is 33.2. The molecule has 0 bridgehead atoms. The van der Waals surface area contributed by atoms with Crippen LogP contribution >= 0.6 is 0 Å². The predicted molar refractivity (Wildman–Crippen MR) is 250 cm³/mol. The number of nitrogens with zero attached hydrogens (tertiary/aromatic N) is 6. The Balaban J connectivity index is 1.14. The number of fused-ring (bicyclic) bond motifs is 8. The SMILES string of the molecule is c1ccc(N2c3cc4c(cc3B3c5cccnc5N(c5ccccc5)c5cccc2c53)B2c3ccccc3N(c3ccccc3)c3ccnc(c32)N4c2ccccc2)cc1. The molecule has 0 aliphatic carbocycles. The first-order valence-electron chi connectivity index (χ1n) is 20.6. The second-order valence-electron chi connectivity index (χ2n) is 15.8. The van der Waals surface area contributed by atoms with Crippen LogP contribution in [0.25, 0.3) is 0 Å². The Labute approximate surface area is 349 Å². The molecular weight excluding hydrogens is 730 g/mol. The minimum Gasteiger partial charge on any atom is -0.311 e. The van der Waals surface area contributed by atoms with E-state index in [4.69, 9.17) is 9.97 Å². The summed E-state index contributed by atoms with van der Waals surface area (Å²) in [4.78, 5) is 20.1. The van der Waals surface area contributed by atoms with Gasteiger partial charge in [0.15, 0.2) is 0 Å². The summed E-state index contributed by atoms with van der Waals surface area (Å²) in [6, 6.07) is 70.2. The summed E-state index contributed by atoms with van der Waals surface area (Å²) >= 11 is 0. The lowest BCUT2D eigenvalue weighted by Crippen LogP contribution is -2.65. The zero-order chi connectivity index (χ0) is 39.3. The van der Waals surface area contributed by atoms with Gasteiger partial charge in [-0.2, -0.15) is 0 Å². The number of benzene rings is 7. The monoisotopic (exact) mass is 764 g/mol. The molecule has 8 heteroatoms. The average molecular weight is 765 g/mol. The van der Waals surface area contributed by atoms with Crippen molar-refractivity contribution in [1.82, 2.24) is 9.97 Å². The Bertz CT molecular complexity index is 2940. The molecule has 7 aromatic carbocycles. The number of pyridine rings is 2. The molecule has 0 fully saturated rings. The highest BCUT2D eigenvalue weighted by Gasteiger charge is 2.48. The van der Waals surface area contributed by atoms with Crippen molar-refractivity contribution in [3.63, 3.8) is 0 Å². The van der Waals surface area contributed by atoms with E-state index >= 15 is 0 Å². The van der Waals surface area contributed by atoms with Gasteiger partial charge in [-0.1, -0.05) is 109 Å². The number of anilines is 12. The van der Waals surface area contributed by atoms with Gasteiger partial charge in [-0.05, 0) is 118 Å². The molecule has 278 valence electrons. The molecule has 0 spiro atoms. The maximum Gasteiger partial charge on any atom is 0.254 e. The molecule has 6 nitrogen and oxygen atoms in total. The number of rotatable bonds is 4. The van der Waals surface area contributed by atoms with Crippen molar-refractivity contribution in [3.8, 4) is 0 Å². The van der Waals surface area contributed by atoms with E-state index in [9.17, 15) is 0 Å². The van der Waals surface area contributed by atoms with Crippen molar-refractivity contribution in [2.24, 2.45) is 0 Å². The molecule has 0 saturated heterocycles. The number of para-hydroxylation sites is 5. The minimum atomic E-state index is -0.0697. The standard InChI is InChI=1S/C52H34B2N6/c1-5-17-35(18-6-1)57-43-27-14-13-25-39(43)53-42-33-41-47(34-48(42)60(38-23-11-4-12-24-38)52-50(53)46(57)30-32-56-52)58(36-19-7-2-8-20-36)44-28-15-29-45-49(44)54(41)40-26-16-31-55-51(40)59(45)37-21-9-3-10-22-37/h1-34H. The van der Waals surface area contributed by atoms with E-state index in [1.54, 1.807) is 0 Å². The fourth-order valence-corrected chi connectivity index (χ4v) is 10.4. The fraction of sp³-hybridized carbons (Fsp3) is 0. The van der Waals surface area contributed by atoms with Crippen LogP contribution in [0.5, 0.6) is 0 Å². The van der Waals surface area contributed by atoms with Crippen molar-refractivity contribution in [1.29, 1.82) is 0 Å². The lowest BCUT2D eigenvalue weighted by atomic mass is 9.30. The molecule has 9 aromatic rings. The van der Waals surface area contributed by atoms with Gasteiger partial charge in [0.25, 0.3) is 13.4 Å². The summed E-state index contributed by atoms with van der Waals surface area (Å²) < 4.78 is 0.